The van der Waals surface area contributed by atoms with Gasteiger partial charge in [-0.3, -0.25) is 0 Å². The van der Waals surface area contributed by atoms with Crippen molar-refractivity contribution in [3.63, 3.8) is 0 Å². The first kappa shape index (κ1) is 22.4. The zero-order valence-corrected chi connectivity index (χ0v) is 19.6. The first-order valence-corrected chi connectivity index (χ1v) is 11.7. The fourth-order valence-corrected chi connectivity index (χ4v) is 4.82. The minimum Gasteiger partial charge on any atom is -0.237 e. The van der Waals surface area contributed by atoms with Gasteiger partial charge in [0.2, 0.25) is 12.7 Å². The molecule has 160 valence electrons. The lowest BCUT2D eigenvalue weighted by Gasteiger charge is -2.19. The van der Waals surface area contributed by atoms with Gasteiger partial charge in [0.25, 0.3) is 0 Å². The van der Waals surface area contributed by atoms with E-state index in [9.17, 15) is 0 Å². The second kappa shape index (κ2) is 10.6. The Morgan fingerprint density at radius 3 is 1.63 bits per heavy atom. The lowest BCUT2D eigenvalue weighted by molar-refractivity contribution is -0.696. The maximum Gasteiger partial charge on any atom is 0.243 e. The molecular formula is C25H39BN4+2. The van der Waals surface area contributed by atoms with Gasteiger partial charge in [0.1, 0.15) is 24.8 Å². The third-order valence-electron chi connectivity index (χ3n) is 6.31. The molecular weight excluding hydrogens is 367 g/mol. The highest BCUT2D eigenvalue weighted by Crippen LogP contribution is 2.14. The van der Waals surface area contributed by atoms with Crippen LogP contribution in [0.3, 0.4) is 0 Å². The number of aromatic nitrogens is 4. The number of hydrogen-bond acceptors (Lipinski definition) is 0. The highest BCUT2D eigenvalue weighted by atomic mass is 15.1. The molecule has 1 aromatic carbocycles. The molecule has 2 heterocycles. The molecule has 5 heteroatoms. The van der Waals surface area contributed by atoms with E-state index in [-0.39, 0.29) is 0 Å². The molecule has 3 aromatic rings. The van der Waals surface area contributed by atoms with Crippen LogP contribution in [0.25, 0.3) is 0 Å². The smallest absolute Gasteiger partial charge is 0.237 e. The van der Waals surface area contributed by atoms with E-state index in [4.69, 9.17) is 0 Å². The standard InChI is InChI=1S/C25H39BN4/c1-6-27-14-16-29(20-27)12-8-10-26(25-23(4)18-22(3)19-24(25)5)11-9-13-30-17-15-28(7-2)21-30/h14-21H,6-13H2,1-5H3/q+2. The van der Waals surface area contributed by atoms with Gasteiger partial charge >= 0.3 is 0 Å². The van der Waals surface area contributed by atoms with Crippen LogP contribution in [-0.4, -0.2) is 15.8 Å². The van der Waals surface area contributed by atoms with E-state index in [1.165, 1.54) is 42.2 Å². The largest absolute Gasteiger partial charge is 0.243 e. The van der Waals surface area contributed by atoms with E-state index in [1.807, 2.05) is 0 Å². The predicted octanol–water partition coefficient (Wildman–Crippen LogP) is 3.71. The summed E-state index contributed by atoms with van der Waals surface area (Å²) in [5.41, 5.74) is 5.90. The van der Waals surface area contributed by atoms with Gasteiger partial charge in [0, 0.05) is 0 Å². The molecule has 0 spiro atoms. The fourth-order valence-electron chi connectivity index (χ4n) is 4.82. The van der Waals surface area contributed by atoms with Crippen molar-refractivity contribution in [3.8, 4) is 0 Å². The number of benzene rings is 1. The normalized spacial score (nSPS) is 11.2. The molecule has 0 aliphatic heterocycles. The Morgan fingerprint density at radius 1 is 0.767 bits per heavy atom. The van der Waals surface area contributed by atoms with Gasteiger partial charge in [-0.1, -0.05) is 46.9 Å². The molecule has 0 N–H and O–H groups in total. The maximum atomic E-state index is 2.36. The van der Waals surface area contributed by atoms with Crippen LogP contribution in [0.15, 0.2) is 49.6 Å². The molecule has 0 radical (unpaired) electrons. The number of hydrogen-bond donors (Lipinski definition) is 0. The molecule has 0 atom stereocenters. The van der Waals surface area contributed by atoms with Crippen molar-refractivity contribution in [2.45, 2.75) is 86.3 Å². The molecule has 30 heavy (non-hydrogen) atoms. The minimum atomic E-state index is 0.633. The second-order valence-electron chi connectivity index (χ2n) is 8.76. The Hall–Kier alpha value is -2.30. The zero-order chi connectivity index (χ0) is 21.5. The van der Waals surface area contributed by atoms with E-state index in [2.05, 4.69) is 102 Å². The SMILES string of the molecule is CCn1cc[n+](CCCB(CCC[n+]2ccn(CC)c2)c2c(C)cc(C)cc2C)c1. The molecule has 0 bridgehead atoms. The summed E-state index contributed by atoms with van der Waals surface area (Å²) >= 11 is 0. The third kappa shape index (κ3) is 5.87. The quantitative estimate of drug-likeness (QED) is 0.341. The molecule has 0 aliphatic rings. The highest BCUT2D eigenvalue weighted by Gasteiger charge is 2.21. The van der Waals surface area contributed by atoms with Gasteiger partial charge in [-0.05, 0) is 47.5 Å². The molecule has 0 unspecified atom stereocenters. The first-order valence-electron chi connectivity index (χ1n) is 11.7. The van der Waals surface area contributed by atoms with E-state index < -0.39 is 0 Å². The number of rotatable bonds is 11. The topological polar surface area (TPSA) is 17.6 Å². The van der Waals surface area contributed by atoms with Crippen LogP contribution in [0.2, 0.25) is 12.6 Å². The summed E-state index contributed by atoms with van der Waals surface area (Å²) in [6, 6.07) is 4.73. The molecule has 0 aliphatic carbocycles. The van der Waals surface area contributed by atoms with Crippen molar-refractivity contribution in [3.05, 3.63) is 66.3 Å². The summed E-state index contributed by atoms with van der Waals surface area (Å²) in [5, 5.41) is 0. The molecule has 0 fully saturated rings. The number of aryl methyl sites for hydroxylation is 7. The summed E-state index contributed by atoms with van der Waals surface area (Å²) in [6.07, 6.45) is 18.1. The molecule has 2 aromatic heterocycles. The zero-order valence-electron chi connectivity index (χ0n) is 19.6. The molecule has 0 saturated carbocycles. The maximum absolute atomic E-state index is 2.36. The van der Waals surface area contributed by atoms with Crippen LogP contribution in [0, 0.1) is 20.8 Å². The van der Waals surface area contributed by atoms with Crippen molar-refractivity contribution in [1.82, 2.24) is 9.13 Å². The number of imidazole rings is 2. The van der Waals surface area contributed by atoms with E-state index in [0.717, 1.165) is 26.2 Å². The first-order chi connectivity index (χ1) is 14.5. The van der Waals surface area contributed by atoms with Crippen molar-refractivity contribution in [2.24, 2.45) is 0 Å². The summed E-state index contributed by atoms with van der Waals surface area (Å²) in [6.45, 7) is 16.1. The number of nitrogens with zero attached hydrogens (tertiary/aromatic N) is 4. The Kier molecular flexibility index (Phi) is 7.95. The van der Waals surface area contributed by atoms with Crippen LogP contribution >= 0.6 is 0 Å². The molecule has 4 nitrogen and oxygen atoms in total. The lowest BCUT2D eigenvalue weighted by Crippen LogP contribution is -2.38. The van der Waals surface area contributed by atoms with Crippen LogP contribution in [-0.2, 0) is 26.2 Å². The fraction of sp³-hybridized carbons (Fsp3) is 0.520. The van der Waals surface area contributed by atoms with E-state index in [0.29, 0.717) is 6.71 Å². The minimum absolute atomic E-state index is 0.633. The highest BCUT2D eigenvalue weighted by molar-refractivity contribution is 6.74. The van der Waals surface area contributed by atoms with Gasteiger partial charge in [-0.15, -0.1) is 0 Å². The average molecular weight is 406 g/mol. The monoisotopic (exact) mass is 406 g/mol. The Labute approximate surface area is 183 Å². The Morgan fingerprint density at radius 2 is 1.23 bits per heavy atom. The van der Waals surface area contributed by atoms with Gasteiger partial charge in [0.15, 0.2) is 6.71 Å². The van der Waals surface area contributed by atoms with Crippen molar-refractivity contribution in [2.75, 3.05) is 0 Å². The van der Waals surface area contributed by atoms with E-state index >= 15 is 0 Å². The second-order valence-corrected chi connectivity index (χ2v) is 8.76. The van der Waals surface area contributed by atoms with Gasteiger partial charge in [0.05, 0.1) is 26.2 Å². The lowest BCUT2D eigenvalue weighted by atomic mass is 9.38. The van der Waals surface area contributed by atoms with Gasteiger partial charge in [-0.2, -0.15) is 0 Å². The van der Waals surface area contributed by atoms with E-state index in [1.54, 1.807) is 5.46 Å². The Bertz CT molecular complexity index is 869. The van der Waals surface area contributed by atoms with Crippen LogP contribution in [0.4, 0.5) is 0 Å². The summed E-state index contributed by atoms with van der Waals surface area (Å²) in [5.74, 6) is 0. The predicted molar refractivity (Wildman–Crippen MR) is 125 cm³/mol. The summed E-state index contributed by atoms with van der Waals surface area (Å²) < 4.78 is 9.15. The van der Waals surface area contributed by atoms with Gasteiger partial charge in [-0.25, -0.2) is 18.3 Å². The van der Waals surface area contributed by atoms with Crippen molar-refractivity contribution < 1.29 is 9.13 Å². The third-order valence-corrected chi connectivity index (χ3v) is 6.31. The molecule has 3 rings (SSSR count). The van der Waals surface area contributed by atoms with Crippen LogP contribution < -0.4 is 14.6 Å². The van der Waals surface area contributed by atoms with Crippen LogP contribution in [0.1, 0.15) is 43.4 Å². The van der Waals surface area contributed by atoms with Gasteiger partial charge < -0.3 is 0 Å². The Balaban J connectivity index is 1.66. The van der Waals surface area contributed by atoms with Crippen molar-refractivity contribution in [1.29, 1.82) is 0 Å². The summed E-state index contributed by atoms with van der Waals surface area (Å²) in [7, 11) is 0. The average Bonchev–Trinajstić information content (AvgIpc) is 3.36. The van der Waals surface area contributed by atoms with Crippen LogP contribution in [0.5, 0.6) is 0 Å². The van der Waals surface area contributed by atoms with Crippen molar-refractivity contribution >= 4 is 12.2 Å². The molecule has 0 amide bonds. The summed E-state index contributed by atoms with van der Waals surface area (Å²) in [4.78, 5) is 0. The molecule has 0 saturated heterocycles.